The molecular formula is C25H28N6O2. The van der Waals surface area contributed by atoms with Crippen molar-refractivity contribution in [2.75, 3.05) is 18.8 Å². The summed E-state index contributed by atoms with van der Waals surface area (Å²) in [7, 11) is 0. The number of rotatable bonds is 5. The second-order valence-corrected chi connectivity index (χ2v) is 8.67. The van der Waals surface area contributed by atoms with Crippen LogP contribution >= 0.6 is 0 Å². The highest BCUT2D eigenvalue weighted by molar-refractivity contribution is 5.78. The summed E-state index contributed by atoms with van der Waals surface area (Å²) < 4.78 is 7.97. The van der Waals surface area contributed by atoms with Crippen LogP contribution in [-0.2, 0) is 11.3 Å². The lowest BCUT2D eigenvalue weighted by molar-refractivity contribution is -0.0743. The van der Waals surface area contributed by atoms with Crippen molar-refractivity contribution >= 4 is 5.82 Å². The van der Waals surface area contributed by atoms with Crippen LogP contribution < -0.4 is 11.1 Å². The molecule has 0 spiro atoms. The number of nitrogens with two attached hydrogens (primary N) is 1. The van der Waals surface area contributed by atoms with E-state index in [9.17, 15) is 5.11 Å². The summed E-state index contributed by atoms with van der Waals surface area (Å²) in [5.74, 6) is 7.47. The van der Waals surface area contributed by atoms with Gasteiger partial charge in [-0.3, -0.25) is 4.68 Å². The van der Waals surface area contributed by atoms with E-state index in [1.165, 1.54) is 0 Å². The number of nitrogens with zero attached hydrogens (tertiary/aromatic N) is 4. The SMILES string of the molecule is Nc1nnc(-c2ccccc2O)cc1-c1cnn(CC#CC2CC(OC3CCNCC3)C2)c1. The molecular weight excluding hydrogens is 416 g/mol. The molecule has 0 bridgehead atoms. The molecule has 2 fully saturated rings. The first kappa shape index (κ1) is 21.4. The molecule has 0 unspecified atom stereocenters. The number of para-hydroxylation sites is 1. The minimum Gasteiger partial charge on any atom is -0.507 e. The summed E-state index contributed by atoms with van der Waals surface area (Å²) in [6.45, 7) is 2.63. The van der Waals surface area contributed by atoms with Crippen molar-refractivity contribution in [1.82, 2.24) is 25.3 Å². The fourth-order valence-corrected chi connectivity index (χ4v) is 4.31. The van der Waals surface area contributed by atoms with Crippen molar-refractivity contribution in [1.29, 1.82) is 0 Å². The Kier molecular flexibility index (Phi) is 6.24. The Morgan fingerprint density at radius 3 is 2.76 bits per heavy atom. The quantitative estimate of drug-likeness (QED) is 0.519. The first-order valence-corrected chi connectivity index (χ1v) is 11.4. The fourth-order valence-electron chi connectivity index (χ4n) is 4.31. The molecule has 4 N–H and O–H groups in total. The molecule has 0 atom stereocenters. The molecule has 2 aromatic heterocycles. The number of ether oxygens (including phenoxy) is 1. The second-order valence-electron chi connectivity index (χ2n) is 8.67. The summed E-state index contributed by atoms with van der Waals surface area (Å²) in [6, 6.07) is 8.84. The zero-order chi connectivity index (χ0) is 22.6. The number of hydrogen-bond acceptors (Lipinski definition) is 7. The van der Waals surface area contributed by atoms with Crippen molar-refractivity contribution < 1.29 is 9.84 Å². The molecule has 170 valence electrons. The Balaban J connectivity index is 1.19. The van der Waals surface area contributed by atoms with Gasteiger partial charge in [0.15, 0.2) is 5.82 Å². The maximum absolute atomic E-state index is 10.1. The van der Waals surface area contributed by atoms with Crippen LogP contribution in [0.3, 0.4) is 0 Å². The number of anilines is 1. The zero-order valence-electron chi connectivity index (χ0n) is 18.4. The van der Waals surface area contributed by atoms with Gasteiger partial charge in [-0.25, -0.2) is 0 Å². The molecule has 3 aromatic rings. The third-order valence-electron chi connectivity index (χ3n) is 6.26. The summed E-state index contributed by atoms with van der Waals surface area (Å²) in [4.78, 5) is 0. The van der Waals surface area contributed by atoms with Crippen LogP contribution in [0, 0.1) is 17.8 Å². The molecule has 0 radical (unpaired) electrons. The lowest BCUT2D eigenvalue weighted by atomic mass is 9.82. The number of aromatic hydroxyl groups is 1. The number of nitrogen functional groups attached to an aromatic ring is 1. The monoisotopic (exact) mass is 444 g/mol. The Morgan fingerprint density at radius 1 is 1.12 bits per heavy atom. The molecule has 2 aliphatic rings. The Hall–Kier alpha value is -3.41. The number of hydrogen-bond donors (Lipinski definition) is 3. The number of benzene rings is 1. The van der Waals surface area contributed by atoms with Gasteiger partial charge in [-0.1, -0.05) is 24.0 Å². The van der Waals surface area contributed by atoms with Crippen LogP contribution in [0.25, 0.3) is 22.4 Å². The van der Waals surface area contributed by atoms with Crippen molar-refractivity contribution in [2.45, 2.75) is 44.4 Å². The van der Waals surface area contributed by atoms with Crippen molar-refractivity contribution in [3.8, 4) is 40.0 Å². The van der Waals surface area contributed by atoms with Gasteiger partial charge < -0.3 is 20.9 Å². The van der Waals surface area contributed by atoms with E-state index < -0.39 is 0 Å². The first-order chi connectivity index (χ1) is 16.2. The molecule has 8 nitrogen and oxygen atoms in total. The van der Waals surface area contributed by atoms with Crippen LogP contribution in [0.2, 0.25) is 0 Å². The van der Waals surface area contributed by atoms with Crippen LogP contribution in [0.5, 0.6) is 5.75 Å². The third kappa shape index (κ3) is 5.00. The van der Waals surface area contributed by atoms with Gasteiger partial charge in [0, 0.05) is 28.8 Å². The van der Waals surface area contributed by atoms with Gasteiger partial charge in [0.1, 0.15) is 12.3 Å². The largest absolute Gasteiger partial charge is 0.507 e. The lowest BCUT2D eigenvalue weighted by Gasteiger charge is -2.36. The molecule has 5 rings (SSSR count). The number of phenolic OH excluding ortho intramolecular Hbond substituents is 1. The van der Waals surface area contributed by atoms with Crippen molar-refractivity contribution in [3.05, 3.63) is 42.7 Å². The van der Waals surface area contributed by atoms with Crippen molar-refractivity contribution in [3.63, 3.8) is 0 Å². The van der Waals surface area contributed by atoms with Gasteiger partial charge in [0.05, 0.1) is 24.1 Å². The first-order valence-electron chi connectivity index (χ1n) is 11.4. The predicted octanol–water partition coefficient (Wildman–Crippen LogP) is 2.85. The summed E-state index contributed by atoms with van der Waals surface area (Å²) >= 11 is 0. The average molecular weight is 445 g/mol. The maximum Gasteiger partial charge on any atom is 0.154 e. The molecule has 8 heteroatoms. The third-order valence-corrected chi connectivity index (χ3v) is 6.26. The van der Waals surface area contributed by atoms with E-state index in [0.29, 0.717) is 41.7 Å². The smallest absolute Gasteiger partial charge is 0.154 e. The Morgan fingerprint density at radius 2 is 1.94 bits per heavy atom. The van der Waals surface area contributed by atoms with Crippen LogP contribution in [-0.4, -0.2) is 50.4 Å². The summed E-state index contributed by atoms with van der Waals surface area (Å²) in [6.07, 6.45) is 8.69. The zero-order valence-corrected chi connectivity index (χ0v) is 18.4. The van der Waals surface area contributed by atoms with E-state index in [1.807, 2.05) is 18.3 Å². The van der Waals surface area contributed by atoms with Gasteiger partial charge in [-0.2, -0.15) is 5.10 Å². The van der Waals surface area contributed by atoms with Crippen LogP contribution in [0.15, 0.2) is 42.7 Å². The number of aromatic nitrogens is 4. The molecule has 1 saturated carbocycles. The van der Waals surface area contributed by atoms with Gasteiger partial charge >= 0.3 is 0 Å². The summed E-state index contributed by atoms with van der Waals surface area (Å²) in [5, 5.41) is 26.1. The van der Waals surface area contributed by atoms with E-state index in [0.717, 1.165) is 49.9 Å². The van der Waals surface area contributed by atoms with E-state index in [-0.39, 0.29) is 5.75 Å². The number of phenols is 1. The van der Waals surface area contributed by atoms with E-state index in [1.54, 1.807) is 29.1 Å². The highest BCUT2D eigenvalue weighted by Crippen LogP contribution is 2.33. The van der Waals surface area contributed by atoms with Gasteiger partial charge in [0.2, 0.25) is 0 Å². The molecule has 0 amide bonds. The van der Waals surface area contributed by atoms with E-state index in [4.69, 9.17) is 10.5 Å². The highest BCUT2D eigenvalue weighted by atomic mass is 16.5. The van der Waals surface area contributed by atoms with Crippen LogP contribution in [0.4, 0.5) is 5.82 Å². The Bertz CT molecular complexity index is 1170. The normalized spacial score (nSPS) is 20.6. The van der Waals surface area contributed by atoms with Gasteiger partial charge in [0.25, 0.3) is 0 Å². The minimum absolute atomic E-state index is 0.146. The predicted molar refractivity (Wildman–Crippen MR) is 126 cm³/mol. The number of piperidine rings is 1. The van der Waals surface area contributed by atoms with Gasteiger partial charge in [-0.15, -0.1) is 10.2 Å². The standard InChI is InChI=1S/C25H28N6O2/c26-25-22(14-23(29-30-25)21-5-1-2-6-24(21)32)18-15-28-31(16-18)11-3-4-17-12-20(13-17)33-19-7-9-27-10-8-19/h1-2,5-6,14-17,19-20,27,32H,7-13H2,(H2,26,30). The molecule has 1 aliphatic heterocycles. The van der Waals surface area contributed by atoms with E-state index in [2.05, 4.69) is 32.5 Å². The van der Waals surface area contributed by atoms with Crippen molar-refractivity contribution in [2.24, 2.45) is 5.92 Å². The van der Waals surface area contributed by atoms with Crippen LogP contribution in [0.1, 0.15) is 25.7 Å². The molecule has 33 heavy (non-hydrogen) atoms. The van der Waals surface area contributed by atoms with Gasteiger partial charge in [-0.05, 0) is 57.0 Å². The fraction of sp³-hybridized carbons (Fsp3) is 0.400. The Labute approximate surface area is 193 Å². The molecule has 3 heterocycles. The second kappa shape index (κ2) is 9.61. The minimum atomic E-state index is 0.146. The topological polar surface area (TPSA) is 111 Å². The molecule has 1 saturated heterocycles. The van der Waals surface area contributed by atoms with E-state index >= 15 is 0 Å². The number of nitrogens with one attached hydrogen (secondary N) is 1. The maximum atomic E-state index is 10.1. The average Bonchev–Trinajstić information content (AvgIpc) is 3.27. The molecule has 1 aliphatic carbocycles. The highest BCUT2D eigenvalue weighted by Gasteiger charge is 2.31. The lowest BCUT2D eigenvalue weighted by Crippen LogP contribution is -2.39. The summed E-state index contributed by atoms with van der Waals surface area (Å²) in [5.41, 5.74) is 8.79. The molecule has 1 aromatic carbocycles.